The van der Waals surface area contributed by atoms with E-state index >= 15 is 0 Å². The zero-order chi connectivity index (χ0) is 16.8. The zero-order valence-corrected chi connectivity index (χ0v) is 13.0. The Labute approximate surface area is 130 Å². The number of rotatable bonds is 10. The average molecular weight is 309 g/mol. The average Bonchev–Trinajstić information content (AvgIpc) is 2.55. The highest BCUT2D eigenvalue weighted by Gasteiger charge is 2.09. The highest BCUT2D eigenvalue weighted by atomic mass is 16.6. The van der Waals surface area contributed by atoms with Gasteiger partial charge >= 0.3 is 0 Å². The third kappa shape index (κ3) is 8.28. The first kappa shape index (κ1) is 19.9. The summed E-state index contributed by atoms with van der Waals surface area (Å²) < 4.78 is 10.1. The van der Waals surface area contributed by atoms with E-state index in [-0.39, 0.29) is 11.5 Å². The normalized spacial score (nSPS) is 9.68. The molecule has 0 aliphatic carbocycles. The third-order valence-corrected chi connectivity index (χ3v) is 2.77. The van der Waals surface area contributed by atoms with E-state index in [1.165, 1.54) is 24.3 Å². The molecule has 0 aromatic heterocycles. The molecule has 0 aliphatic heterocycles. The Balaban J connectivity index is 0.00000211. The number of hydrogen-bond acceptors (Lipinski definition) is 5. The number of ketones is 1. The van der Waals surface area contributed by atoms with Crippen LogP contribution in [0.4, 0.5) is 5.69 Å². The number of non-ortho nitro benzene ring substituents is 1. The van der Waals surface area contributed by atoms with Crippen LogP contribution in [0.25, 0.3) is 0 Å². The van der Waals surface area contributed by atoms with Gasteiger partial charge in [-0.25, -0.2) is 0 Å². The Bertz CT molecular complexity index is 444. The van der Waals surface area contributed by atoms with Gasteiger partial charge in [0.25, 0.3) is 5.69 Å². The van der Waals surface area contributed by atoms with E-state index in [9.17, 15) is 14.9 Å². The molecule has 0 fully saturated rings. The molecule has 0 spiro atoms. The SMILES string of the molecule is C=C.COCCOCCCCC(=O)c1ccc([N+](=O)[O-])cc1. The summed E-state index contributed by atoms with van der Waals surface area (Å²) in [7, 11) is 1.62. The number of Topliss-reactive ketones (excluding diaryl/α,β-unsaturated/α-hetero) is 1. The van der Waals surface area contributed by atoms with Crippen LogP contribution >= 0.6 is 0 Å². The molecule has 1 aromatic rings. The number of carbonyl (C=O) groups is 1. The largest absolute Gasteiger partial charge is 0.382 e. The second-order valence-electron chi connectivity index (χ2n) is 4.29. The van der Waals surface area contributed by atoms with Crippen molar-refractivity contribution in [1.82, 2.24) is 0 Å². The van der Waals surface area contributed by atoms with Crippen LogP contribution in [-0.4, -0.2) is 37.6 Å². The van der Waals surface area contributed by atoms with Gasteiger partial charge in [-0.15, -0.1) is 13.2 Å². The second-order valence-corrected chi connectivity index (χ2v) is 4.29. The molecule has 0 heterocycles. The Morgan fingerprint density at radius 2 is 1.77 bits per heavy atom. The van der Waals surface area contributed by atoms with Crippen molar-refractivity contribution >= 4 is 11.5 Å². The minimum Gasteiger partial charge on any atom is -0.382 e. The Morgan fingerprint density at radius 3 is 2.32 bits per heavy atom. The van der Waals surface area contributed by atoms with Crippen LogP contribution in [0.1, 0.15) is 29.6 Å². The van der Waals surface area contributed by atoms with Crippen molar-refractivity contribution < 1.29 is 19.2 Å². The van der Waals surface area contributed by atoms with E-state index in [2.05, 4.69) is 13.2 Å². The van der Waals surface area contributed by atoms with Gasteiger partial charge in [0.2, 0.25) is 0 Å². The van der Waals surface area contributed by atoms with E-state index in [4.69, 9.17) is 9.47 Å². The van der Waals surface area contributed by atoms with Crippen LogP contribution in [0.15, 0.2) is 37.4 Å². The van der Waals surface area contributed by atoms with E-state index in [1.807, 2.05) is 0 Å². The van der Waals surface area contributed by atoms with Crippen molar-refractivity contribution in [3.63, 3.8) is 0 Å². The molecule has 0 saturated carbocycles. The summed E-state index contributed by atoms with van der Waals surface area (Å²) >= 11 is 0. The topological polar surface area (TPSA) is 78.7 Å². The molecule has 0 aliphatic rings. The quantitative estimate of drug-likeness (QED) is 0.217. The Hall–Kier alpha value is -2.05. The first-order chi connectivity index (χ1) is 10.6. The molecule has 0 saturated heterocycles. The van der Waals surface area contributed by atoms with Gasteiger partial charge in [0.1, 0.15) is 0 Å². The van der Waals surface area contributed by atoms with Crippen LogP contribution in [0, 0.1) is 10.1 Å². The summed E-state index contributed by atoms with van der Waals surface area (Å²) in [6.45, 7) is 7.74. The van der Waals surface area contributed by atoms with Crippen molar-refractivity contribution in [2.75, 3.05) is 26.9 Å². The molecular weight excluding hydrogens is 286 g/mol. The summed E-state index contributed by atoms with van der Waals surface area (Å²) in [5.41, 5.74) is 0.504. The van der Waals surface area contributed by atoms with Gasteiger partial charge in [0, 0.05) is 37.8 Å². The lowest BCUT2D eigenvalue weighted by molar-refractivity contribution is -0.384. The maximum absolute atomic E-state index is 11.8. The van der Waals surface area contributed by atoms with Crippen molar-refractivity contribution in [1.29, 1.82) is 0 Å². The second kappa shape index (κ2) is 12.7. The molecule has 6 heteroatoms. The van der Waals surface area contributed by atoms with Gasteiger partial charge in [0.05, 0.1) is 18.1 Å². The van der Waals surface area contributed by atoms with Crippen molar-refractivity contribution in [2.24, 2.45) is 0 Å². The van der Waals surface area contributed by atoms with Gasteiger partial charge in [-0.05, 0) is 25.0 Å². The molecule has 0 atom stereocenters. The van der Waals surface area contributed by atoms with Crippen LogP contribution in [0.2, 0.25) is 0 Å². The molecular formula is C16H23NO5. The van der Waals surface area contributed by atoms with Crippen LogP contribution in [0.3, 0.4) is 0 Å². The summed E-state index contributed by atoms with van der Waals surface area (Å²) in [4.78, 5) is 21.8. The number of nitro benzene ring substituents is 1. The van der Waals surface area contributed by atoms with Gasteiger partial charge in [-0.2, -0.15) is 0 Å². The molecule has 0 N–H and O–H groups in total. The van der Waals surface area contributed by atoms with Crippen LogP contribution in [0.5, 0.6) is 0 Å². The van der Waals surface area contributed by atoms with Gasteiger partial charge in [-0.3, -0.25) is 14.9 Å². The lowest BCUT2D eigenvalue weighted by Gasteiger charge is -2.03. The number of methoxy groups -OCH3 is 1. The maximum atomic E-state index is 11.8. The summed E-state index contributed by atoms with van der Waals surface area (Å²) in [6.07, 6.45) is 1.97. The number of nitro groups is 1. The zero-order valence-electron chi connectivity index (χ0n) is 13.0. The molecule has 0 amide bonds. The lowest BCUT2D eigenvalue weighted by Crippen LogP contribution is -2.04. The lowest BCUT2D eigenvalue weighted by atomic mass is 10.1. The molecule has 6 nitrogen and oxygen atoms in total. The molecule has 0 bridgehead atoms. The fourth-order valence-electron chi connectivity index (χ4n) is 1.65. The van der Waals surface area contributed by atoms with Gasteiger partial charge in [-0.1, -0.05) is 0 Å². The predicted molar refractivity (Wildman–Crippen MR) is 85.2 cm³/mol. The molecule has 1 aromatic carbocycles. The Morgan fingerprint density at radius 1 is 1.14 bits per heavy atom. The number of ether oxygens (including phenoxy) is 2. The Kier molecular flexibility index (Phi) is 11.5. The number of carbonyl (C=O) groups excluding carboxylic acids is 1. The number of hydrogen-bond donors (Lipinski definition) is 0. The fraction of sp³-hybridized carbons (Fsp3) is 0.438. The molecule has 0 unspecified atom stereocenters. The smallest absolute Gasteiger partial charge is 0.269 e. The summed E-state index contributed by atoms with van der Waals surface area (Å²) in [6, 6.07) is 5.69. The number of nitrogens with zero attached hydrogens (tertiary/aromatic N) is 1. The standard InChI is InChI=1S/C14H19NO5.C2H4/c1-19-10-11-20-9-3-2-4-14(16)12-5-7-13(8-6-12)15(17)18;1-2/h5-8H,2-4,9-11H2,1H3;1-2H2. The van der Waals surface area contributed by atoms with Crippen molar-refractivity contribution in [2.45, 2.75) is 19.3 Å². The highest BCUT2D eigenvalue weighted by Crippen LogP contribution is 2.14. The first-order valence-corrected chi connectivity index (χ1v) is 6.99. The van der Waals surface area contributed by atoms with Crippen molar-refractivity contribution in [3.05, 3.63) is 53.1 Å². The van der Waals surface area contributed by atoms with Crippen LogP contribution in [-0.2, 0) is 9.47 Å². The van der Waals surface area contributed by atoms with Crippen molar-refractivity contribution in [3.8, 4) is 0 Å². The summed E-state index contributed by atoms with van der Waals surface area (Å²) in [5.74, 6) is -0.00297. The minimum atomic E-state index is -0.481. The number of benzene rings is 1. The molecule has 1 rings (SSSR count). The summed E-state index contributed by atoms with van der Waals surface area (Å²) in [5, 5.41) is 10.5. The fourth-order valence-corrected chi connectivity index (χ4v) is 1.65. The monoisotopic (exact) mass is 309 g/mol. The third-order valence-electron chi connectivity index (χ3n) is 2.77. The number of unbranched alkanes of at least 4 members (excludes halogenated alkanes) is 1. The minimum absolute atomic E-state index is 0.00297. The predicted octanol–water partition coefficient (Wildman–Crippen LogP) is 3.41. The highest BCUT2D eigenvalue weighted by molar-refractivity contribution is 5.96. The molecule has 122 valence electrons. The van der Waals surface area contributed by atoms with E-state index in [0.29, 0.717) is 31.8 Å². The van der Waals surface area contributed by atoms with Crippen LogP contribution < -0.4 is 0 Å². The van der Waals surface area contributed by atoms with E-state index < -0.39 is 4.92 Å². The molecule has 22 heavy (non-hydrogen) atoms. The van der Waals surface area contributed by atoms with E-state index in [1.54, 1.807) is 7.11 Å². The molecule has 0 radical (unpaired) electrons. The first-order valence-electron chi connectivity index (χ1n) is 6.99. The maximum Gasteiger partial charge on any atom is 0.269 e. The van der Waals surface area contributed by atoms with Gasteiger partial charge in [0.15, 0.2) is 5.78 Å². The van der Waals surface area contributed by atoms with Gasteiger partial charge < -0.3 is 9.47 Å². The van der Waals surface area contributed by atoms with E-state index in [0.717, 1.165) is 12.8 Å².